The summed E-state index contributed by atoms with van der Waals surface area (Å²) in [5.74, 6) is 0.819. The first-order valence-corrected chi connectivity index (χ1v) is 6.55. The fraction of sp³-hybridized carbons (Fsp3) is 0.857. The molecule has 0 aliphatic heterocycles. The van der Waals surface area contributed by atoms with Crippen molar-refractivity contribution in [3.63, 3.8) is 0 Å². The molecule has 2 nitrogen and oxygen atoms in total. The molecular formula is C14H22O2. The second-order valence-corrected chi connectivity index (χ2v) is 6.27. The molecule has 2 atom stereocenters. The maximum atomic E-state index is 12.1. The van der Waals surface area contributed by atoms with Crippen LogP contribution in [0.5, 0.6) is 0 Å². The fourth-order valence-electron chi connectivity index (χ4n) is 3.26. The minimum Gasteiger partial charge on any atom is -0.299 e. The van der Waals surface area contributed by atoms with Crippen LogP contribution in [0, 0.1) is 17.3 Å². The first kappa shape index (κ1) is 11.8. The molecule has 2 saturated carbocycles. The third kappa shape index (κ3) is 2.36. The molecule has 2 aliphatic rings. The van der Waals surface area contributed by atoms with Crippen molar-refractivity contribution in [2.24, 2.45) is 17.3 Å². The number of rotatable bonds is 1. The van der Waals surface area contributed by atoms with Crippen LogP contribution in [0.4, 0.5) is 0 Å². The van der Waals surface area contributed by atoms with Gasteiger partial charge in [-0.25, -0.2) is 0 Å². The molecule has 0 radical (unpaired) electrons. The molecule has 0 saturated heterocycles. The average Bonchev–Trinajstić information content (AvgIpc) is 2.18. The highest BCUT2D eigenvalue weighted by molar-refractivity contribution is 5.90. The van der Waals surface area contributed by atoms with Crippen LogP contribution in [0.1, 0.15) is 58.8 Å². The Morgan fingerprint density at radius 2 is 1.69 bits per heavy atom. The van der Waals surface area contributed by atoms with Gasteiger partial charge in [-0.2, -0.15) is 0 Å². The van der Waals surface area contributed by atoms with E-state index < -0.39 is 0 Å². The molecule has 90 valence electrons. The van der Waals surface area contributed by atoms with Crippen LogP contribution in [-0.2, 0) is 9.59 Å². The summed E-state index contributed by atoms with van der Waals surface area (Å²) in [6, 6.07) is 0. The van der Waals surface area contributed by atoms with E-state index in [4.69, 9.17) is 0 Å². The zero-order valence-electron chi connectivity index (χ0n) is 10.4. The van der Waals surface area contributed by atoms with Crippen LogP contribution in [0.2, 0.25) is 0 Å². The quantitative estimate of drug-likeness (QED) is 0.683. The van der Waals surface area contributed by atoms with Crippen molar-refractivity contribution in [3.8, 4) is 0 Å². The van der Waals surface area contributed by atoms with E-state index in [1.165, 1.54) is 0 Å². The molecule has 2 rings (SSSR count). The van der Waals surface area contributed by atoms with Crippen molar-refractivity contribution in [2.45, 2.75) is 58.8 Å². The van der Waals surface area contributed by atoms with Gasteiger partial charge in [0.2, 0.25) is 0 Å². The van der Waals surface area contributed by atoms with Gasteiger partial charge in [-0.1, -0.05) is 20.3 Å². The summed E-state index contributed by atoms with van der Waals surface area (Å²) < 4.78 is 0. The van der Waals surface area contributed by atoms with Crippen molar-refractivity contribution in [1.29, 1.82) is 0 Å². The van der Waals surface area contributed by atoms with Crippen molar-refractivity contribution in [1.82, 2.24) is 0 Å². The summed E-state index contributed by atoms with van der Waals surface area (Å²) >= 11 is 0. The van der Waals surface area contributed by atoms with Gasteiger partial charge in [0.15, 0.2) is 0 Å². The Hall–Kier alpha value is -0.660. The molecule has 2 aliphatic carbocycles. The maximum absolute atomic E-state index is 12.1. The second-order valence-electron chi connectivity index (χ2n) is 6.27. The Balaban J connectivity index is 2.05. The van der Waals surface area contributed by atoms with E-state index in [0.29, 0.717) is 24.4 Å². The molecule has 0 amide bonds. The normalized spacial score (nSPS) is 35.1. The topological polar surface area (TPSA) is 34.1 Å². The molecule has 0 aromatic rings. The monoisotopic (exact) mass is 222 g/mol. The summed E-state index contributed by atoms with van der Waals surface area (Å²) in [5.41, 5.74) is 0.158. The number of carbonyl (C=O) groups is 2. The predicted molar refractivity (Wildman–Crippen MR) is 63.1 cm³/mol. The van der Waals surface area contributed by atoms with Gasteiger partial charge in [-0.3, -0.25) is 9.59 Å². The molecule has 0 aromatic heterocycles. The molecule has 16 heavy (non-hydrogen) atoms. The van der Waals surface area contributed by atoms with E-state index >= 15 is 0 Å². The van der Waals surface area contributed by atoms with Crippen molar-refractivity contribution < 1.29 is 9.59 Å². The lowest BCUT2D eigenvalue weighted by molar-refractivity contribution is -0.137. The highest BCUT2D eigenvalue weighted by Gasteiger charge is 2.40. The van der Waals surface area contributed by atoms with E-state index in [-0.39, 0.29) is 17.3 Å². The van der Waals surface area contributed by atoms with Crippen LogP contribution < -0.4 is 0 Å². The first-order chi connectivity index (χ1) is 7.49. The Kier molecular flexibility index (Phi) is 3.18. The zero-order chi connectivity index (χ0) is 11.8. The van der Waals surface area contributed by atoms with E-state index in [1.54, 1.807) is 0 Å². The first-order valence-electron chi connectivity index (χ1n) is 6.55. The summed E-state index contributed by atoms with van der Waals surface area (Å²) in [5, 5.41) is 0. The van der Waals surface area contributed by atoms with Crippen LogP contribution in [0.3, 0.4) is 0 Å². The van der Waals surface area contributed by atoms with E-state index in [2.05, 4.69) is 13.8 Å². The Labute approximate surface area is 97.8 Å². The van der Waals surface area contributed by atoms with Gasteiger partial charge in [-0.05, 0) is 31.1 Å². The molecule has 2 fully saturated rings. The number of Topliss-reactive ketones (excluding diaryl/α,β-unsaturated/α-hetero) is 2. The zero-order valence-corrected chi connectivity index (χ0v) is 10.4. The minimum absolute atomic E-state index is 0.0563. The molecule has 0 unspecified atom stereocenters. The fourth-order valence-corrected chi connectivity index (χ4v) is 3.26. The van der Waals surface area contributed by atoms with E-state index in [0.717, 1.165) is 32.1 Å². The van der Waals surface area contributed by atoms with Gasteiger partial charge in [-0.15, -0.1) is 0 Å². The number of carbonyl (C=O) groups excluding carboxylic acids is 2. The highest BCUT2D eigenvalue weighted by Crippen LogP contribution is 2.41. The smallest absolute Gasteiger partial charge is 0.137 e. The number of hydrogen-bond donors (Lipinski definition) is 0. The van der Waals surface area contributed by atoms with Gasteiger partial charge < -0.3 is 0 Å². The predicted octanol–water partition coefficient (Wildman–Crippen LogP) is 3.14. The maximum Gasteiger partial charge on any atom is 0.137 e. The molecule has 0 bridgehead atoms. The van der Waals surface area contributed by atoms with Gasteiger partial charge in [0.25, 0.3) is 0 Å². The highest BCUT2D eigenvalue weighted by atomic mass is 16.1. The minimum atomic E-state index is 0.0563. The van der Waals surface area contributed by atoms with Crippen LogP contribution in [0.15, 0.2) is 0 Å². The van der Waals surface area contributed by atoms with Crippen LogP contribution in [-0.4, -0.2) is 11.6 Å². The lowest BCUT2D eigenvalue weighted by atomic mass is 9.66. The van der Waals surface area contributed by atoms with E-state index in [9.17, 15) is 9.59 Å². The second kappa shape index (κ2) is 4.31. The summed E-state index contributed by atoms with van der Waals surface area (Å²) in [6.45, 7) is 4.31. The Bertz CT molecular complexity index is 304. The largest absolute Gasteiger partial charge is 0.299 e. The lowest BCUT2D eigenvalue weighted by Crippen LogP contribution is -2.38. The summed E-state index contributed by atoms with van der Waals surface area (Å²) in [7, 11) is 0. The third-order valence-corrected chi connectivity index (χ3v) is 4.29. The standard InChI is InChI=1S/C14H22O2/c1-14(2)8-7-11(13(16)9-14)10-5-3-4-6-12(10)15/h10-11H,3-9H2,1-2H3/t10-,11-/m1/s1. The van der Waals surface area contributed by atoms with Gasteiger partial charge >= 0.3 is 0 Å². The lowest BCUT2D eigenvalue weighted by Gasteiger charge is -2.37. The van der Waals surface area contributed by atoms with Crippen molar-refractivity contribution in [2.75, 3.05) is 0 Å². The number of hydrogen-bond acceptors (Lipinski definition) is 2. The van der Waals surface area contributed by atoms with Crippen LogP contribution in [0.25, 0.3) is 0 Å². The van der Waals surface area contributed by atoms with E-state index in [1.807, 2.05) is 0 Å². The Morgan fingerprint density at radius 1 is 1.00 bits per heavy atom. The molecule has 2 heteroatoms. The molecule has 0 heterocycles. The molecule has 0 N–H and O–H groups in total. The molecule has 0 spiro atoms. The SMILES string of the molecule is CC1(C)CC[C@H]([C@H]2CCCCC2=O)C(=O)C1. The van der Waals surface area contributed by atoms with Gasteiger partial charge in [0, 0.05) is 24.7 Å². The molecule has 0 aromatic carbocycles. The van der Waals surface area contributed by atoms with Crippen molar-refractivity contribution >= 4 is 11.6 Å². The van der Waals surface area contributed by atoms with Gasteiger partial charge in [0.1, 0.15) is 11.6 Å². The molecular weight excluding hydrogens is 200 g/mol. The van der Waals surface area contributed by atoms with Gasteiger partial charge in [0.05, 0.1) is 0 Å². The summed E-state index contributed by atoms with van der Waals surface area (Å²) in [4.78, 5) is 24.0. The Morgan fingerprint density at radius 3 is 2.31 bits per heavy atom. The van der Waals surface area contributed by atoms with Crippen molar-refractivity contribution in [3.05, 3.63) is 0 Å². The summed E-state index contributed by atoms with van der Waals surface area (Å²) in [6.07, 6.45) is 6.51. The van der Waals surface area contributed by atoms with Crippen LogP contribution >= 0.6 is 0 Å². The number of ketones is 2. The average molecular weight is 222 g/mol. The third-order valence-electron chi connectivity index (χ3n) is 4.29.